The molecule has 0 bridgehead atoms. The van der Waals surface area contributed by atoms with Crippen LogP contribution in [0.15, 0.2) is 36.4 Å². The highest BCUT2D eigenvalue weighted by Gasteiger charge is 2.11. The van der Waals surface area contributed by atoms with Gasteiger partial charge in [-0.2, -0.15) is 0 Å². The smallest absolute Gasteiger partial charge is 0.257 e. The van der Waals surface area contributed by atoms with Crippen molar-refractivity contribution >= 4 is 61.5 Å². The van der Waals surface area contributed by atoms with Crippen LogP contribution >= 0.6 is 34.5 Å². The molecule has 4 nitrogen and oxygen atoms in total. The number of carbonyl (C=O) groups is 1. The van der Waals surface area contributed by atoms with Crippen LogP contribution in [0.2, 0.25) is 10.0 Å². The van der Waals surface area contributed by atoms with Crippen LogP contribution in [-0.4, -0.2) is 10.9 Å². The summed E-state index contributed by atoms with van der Waals surface area (Å²) in [6, 6.07) is 10.1. The monoisotopic (exact) mass is 337 g/mol. The van der Waals surface area contributed by atoms with Crippen molar-refractivity contribution in [1.82, 2.24) is 4.98 Å². The van der Waals surface area contributed by atoms with Gasteiger partial charge in [-0.15, -0.1) is 0 Å². The lowest BCUT2D eigenvalue weighted by molar-refractivity contribution is 0.102. The molecule has 0 atom stereocenters. The van der Waals surface area contributed by atoms with E-state index in [4.69, 9.17) is 28.9 Å². The van der Waals surface area contributed by atoms with Crippen molar-refractivity contribution < 1.29 is 4.79 Å². The fourth-order valence-corrected chi connectivity index (χ4v) is 3.25. The normalized spacial score (nSPS) is 10.8. The zero-order valence-electron chi connectivity index (χ0n) is 10.6. The molecule has 0 unspecified atom stereocenters. The first kappa shape index (κ1) is 14.1. The summed E-state index contributed by atoms with van der Waals surface area (Å²) >= 11 is 13.2. The first-order valence-corrected chi connectivity index (χ1v) is 7.52. The average Bonchev–Trinajstić information content (AvgIpc) is 2.78. The van der Waals surface area contributed by atoms with Crippen molar-refractivity contribution in [2.24, 2.45) is 0 Å². The number of nitrogens with two attached hydrogens (primary N) is 1. The van der Waals surface area contributed by atoms with Gasteiger partial charge in [0.05, 0.1) is 10.2 Å². The first-order valence-electron chi connectivity index (χ1n) is 5.95. The van der Waals surface area contributed by atoms with Crippen LogP contribution in [0.1, 0.15) is 10.4 Å². The molecule has 0 spiro atoms. The highest BCUT2D eigenvalue weighted by molar-refractivity contribution is 7.22. The minimum Gasteiger partial charge on any atom is -0.399 e. The number of carbonyl (C=O) groups excluding carboxylic acids is 1. The van der Waals surface area contributed by atoms with Crippen molar-refractivity contribution in [3.63, 3.8) is 0 Å². The van der Waals surface area contributed by atoms with E-state index in [9.17, 15) is 4.79 Å². The number of rotatable bonds is 2. The van der Waals surface area contributed by atoms with Gasteiger partial charge in [0.25, 0.3) is 5.91 Å². The number of nitrogens with zero attached hydrogens (tertiary/aromatic N) is 1. The number of amides is 1. The van der Waals surface area contributed by atoms with E-state index < -0.39 is 0 Å². The van der Waals surface area contributed by atoms with Crippen molar-refractivity contribution in [3.8, 4) is 0 Å². The molecule has 1 amide bonds. The average molecular weight is 338 g/mol. The van der Waals surface area contributed by atoms with Gasteiger partial charge in [0, 0.05) is 21.3 Å². The number of nitrogens with one attached hydrogen (secondary N) is 1. The Balaban J connectivity index is 1.88. The number of hydrogen-bond donors (Lipinski definition) is 2. The predicted molar refractivity (Wildman–Crippen MR) is 88.4 cm³/mol. The van der Waals surface area contributed by atoms with E-state index in [1.165, 1.54) is 11.3 Å². The Hall–Kier alpha value is -1.82. The summed E-state index contributed by atoms with van der Waals surface area (Å²) in [4.78, 5) is 16.5. The van der Waals surface area contributed by atoms with E-state index in [1.807, 2.05) is 6.07 Å². The zero-order valence-corrected chi connectivity index (χ0v) is 12.9. The molecule has 0 aliphatic heterocycles. The minimum absolute atomic E-state index is 0.311. The van der Waals surface area contributed by atoms with E-state index in [-0.39, 0.29) is 5.91 Å². The fraction of sp³-hybridized carbons (Fsp3) is 0. The molecule has 1 heterocycles. The highest BCUT2D eigenvalue weighted by atomic mass is 35.5. The van der Waals surface area contributed by atoms with Gasteiger partial charge in [-0.25, -0.2) is 4.98 Å². The topological polar surface area (TPSA) is 68.0 Å². The van der Waals surface area contributed by atoms with Gasteiger partial charge < -0.3 is 5.73 Å². The Labute approximate surface area is 134 Å². The van der Waals surface area contributed by atoms with E-state index in [0.717, 1.165) is 10.2 Å². The summed E-state index contributed by atoms with van der Waals surface area (Å²) in [5.74, 6) is -0.311. The second-order valence-corrected chi connectivity index (χ2v) is 6.26. The Bertz CT molecular complexity index is 827. The number of hydrogen-bond acceptors (Lipinski definition) is 4. The van der Waals surface area contributed by atoms with Crippen LogP contribution < -0.4 is 11.1 Å². The molecular formula is C14H9Cl2N3OS. The van der Waals surface area contributed by atoms with Crippen molar-refractivity contribution in [1.29, 1.82) is 0 Å². The van der Waals surface area contributed by atoms with Gasteiger partial charge in [-0.1, -0.05) is 34.5 Å². The number of aromatic nitrogens is 1. The Morgan fingerprint density at radius 3 is 2.71 bits per heavy atom. The third-order valence-corrected chi connectivity index (χ3v) is 4.14. The maximum Gasteiger partial charge on any atom is 0.257 e. The van der Waals surface area contributed by atoms with E-state index >= 15 is 0 Å². The lowest BCUT2D eigenvalue weighted by atomic mass is 10.2. The summed E-state index contributed by atoms with van der Waals surface area (Å²) in [6.07, 6.45) is 0. The third-order valence-electron chi connectivity index (χ3n) is 2.75. The minimum atomic E-state index is -0.311. The molecule has 0 aliphatic carbocycles. The number of anilines is 2. The molecule has 21 heavy (non-hydrogen) atoms. The van der Waals surface area contributed by atoms with Gasteiger partial charge in [-0.3, -0.25) is 10.1 Å². The van der Waals surface area contributed by atoms with Crippen molar-refractivity contribution in [2.75, 3.05) is 11.1 Å². The SMILES string of the molecule is Nc1cc(Cl)cc(C(=O)Nc2nc3ccc(Cl)cc3s2)c1. The van der Waals surface area contributed by atoms with Gasteiger partial charge >= 0.3 is 0 Å². The lowest BCUT2D eigenvalue weighted by Crippen LogP contribution is -2.12. The zero-order chi connectivity index (χ0) is 15.0. The van der Waals surface area contributed by atoms with Gasteiger partial charge in [-0.05, 0) is 36.4 Å². The summed E-state index contributed by atoms with van der Waals surface area (Å²) in [7, 11) is 0. The molecule has 7 heteroatoms. The third kappa shape index (κ3) is 3.10. The summed E-state index contributed by atoms with van der Waals surface area (Å²) in [5, 5.41) is 4.27. The van der Waals surface area contributed by atoms with Gasteiger partial charge in [0.15, 0.2) is 5.13 Å². The van der Waals surface area contributed by atoms with E-state index in [1.54, 1.807) is 30.3 Å². The Morgan fingerprint density at radius 1 is 1.14 bits per heavy atom. The molecule has 0 saturated heterocycles. The largest absolute Gasteiger partial charge is 0.399 e. The van der Waals surface area contributed by atoms with Gasteiger partial charge in [0.2, 0.25) is 0 Å². The number of halogens is 2. The number of fused-ring (bicyclic) bond motifs is 1. The van der Waals surface area contributed by atoms with Crippen molar-refractivity contribution in [3.05, 3.63) is 52.0 Å². The molecule has 0 radical (unpaired) electrons. The summed E-state index contributed by atoms with van der Waals surface area (Å²) in [6.45, 7) is 0. The molecule has 3 aromatic rings. The molecule has 0 aliphatic rings. The van der Waals surface area contributed by atoms with Crippen LogP contribution in [0.5, 0.6) is 0 Å². The first-order chi connectivity index (χ1) is 10.0. The maximum atomic E-state index is 12.2. The second kappa shape index (κ2) is 5.52. The molecule has 3 rings (SSSR count). The molecule has 106 valence electrons. The quantitative estimate of drug-likeness (QED) is 0.679. The maximum absolute atomic E-state index is 12.2. The predicted octanol–water partition coefficient (Wildman–Crippen LogP) is 4.44. The Morgan fingerprint density at radius 2 is 1.95 bits per heavy atom. The van der Waals surface area contributed by atoms with Gasteiger partial charge in [0.1, 0.15) is 0 Å². The molecule has 1 aromatic heterocycles. The molecule has 0 fully saturated rings. The molecular weight excluding hydrogens is 329 g/mol. The number of nitrogen functional groups attached to an aromatic ring is 1. The fourth-order valence-electron chi connectivity index (χ4n) is 1.86. The van der Waals surface area contributed by atoms with E-state index in [0.29, 0.717) is 26.4 Å². The lowest BCUT2D eigenvalue weighted by Gasteiger charge is -2.03. The number of thiazole rings is 1. The van der Waals surface area contributed by atoms with Crippen LogP contribution in [0.25, 0.3) is 10.2 Å². The van der Waals surface area contributed by atoms with Crippen LogP contribution in [0.3, 0.4) is 0 Å². The second-order valence-electron chi connectivity index (χ2n) is 4.36. The van der Waals surface area contributed by atoms with Crippen LogP contribution in [0, 0.1) is 0 Å². The van der Waals surface area contributed by atoms with Crippen molar-refractivity contribution in [2.45, 2.75) is 0 Å². The molecule has 0 saturated carbocycles. The molecule has 3 N–H and O–H groups in total. The molecule has 2 aromatic carbocycles. The Kier molecular flexibility index (Phi) is 3.71. The highest BCUT2D eigenvalue weighted by Crippen LogP contribution is 2.28. The van der Waals surface area contributed by atoms with E-state index in [2.05, 4.69) is 10.3 Å². The number of benzene rings is 2. The van der Waals surface area contributed by atoms with Crippen LogP contribution in [-0.2, 0) is 0 Å². The summed E-state index contributed by atoms with van der Waals surface area (Å²) < 4.78 is 0.906. The standard InChI is InChI=1S/C14H9Cl2N3OS/c15-8-1-2-11-12(6-8)21-14(18-11)19-13(20)7-3-9(16)5-10(17)4-7/h1-6H,17H2,(H,18,19,20). The summed E-state index contributed by atoms with van der Waals surface area (Å²) in [5.41, 5.74) is 7.28. The van der Waals surface area contributed by atoms with Crippen LogP contribution in [0.4, 0.5) is 10.8 Å².